The fraction of sp³-hybridized carbons (Fsp3) is 0.500. The second kappa shape index (κ2) is 7.21. The zero-order valence-electron chi connectivity index (χ0n) is 11.4. The molecule has 0 spiro atoms. The Kier molecular flexibility index (Phi) is 5.31. The first kappa shape index (κ1) is 14.7. The highest BCUT2D eigenvalue weighted by atomic mass is 19.1. The fourth-order valence-corrected chi connectivity index (χ4v) is 1.95. The SMILES string of the molecule is COCCNCc1cc(F)cc(OC2CCOC2=O)c1. The molecule has 1 aliphatic rings. The highest BCUT2D eigenvalue weighted by Gasteiger charge is 2.28. The zero-order valence-corrected chi connectivity index (χ0v) is 11.4. The minimum Gasteiger partial charge on any atom is -0.478 e. The molecule has 1 atom stereocenters. The van der Waals surface area contributed by atoms with E-state index in [1.54, 1.807) is 13.2 Å². The maximum Gasteiger partial charge on any atom is 0.347 e. The molecule has 0 radical (unpaired) electrons. The molecule has 0 aromatic heterocycles. The van der Waals surface area contributed by atoms with Crippen LogP contribution in [0.5, 0.6) is 5.75 Å². The molecule has 2 rings (SSSR count). The van der Waals surface area contributed by atoms with Gasteiger partial charge >= 0.3 is 5.97 Å². The summed E-state index contributed by atoms with van der Waals surface area (Å²) in [7, 11) is 1.62. The molecule has 1 N–H and O–H groups in total. The summed E-state index contributed by atoms with van der Waals surface area (Å²) >= 11 is 0. The van der Waals surface area contributed by atoms with Crippen molar-refractivity contribution in [2.45, 2.75) is 19.1 Å². The molecule has 5 nitrogen and oxygen atoms in total. The molecular weight excluding hydrogens is 265 g/mol. The molecule has 110 valence electrons. The van der Waals surface area contributed by atoms with Crippen molar-refractivity contribution >= 4 is 5.97 Å². The van der Waals surface area contributed by atoms with Crippen LogP contribution in [0.4, 0.5) is 4.39 Å². The van der Waals surface area contributed by atoms with Gasteiger partial charge in [-0.25, -0.2) is 9.18 Å². The van der Waals surface area contributed by atoms with Crippen molar-refractivity contribution in [1.29, 1.82) is 0 Å². The Labute approximate surface area is 117 Å². The molecule has 1 aromatic carbocycles. The summed E-state index contributed by atoms with van der Waals surface area (Å²) < 4.78 is 28.7. The Morgan fingerprint density at radius 3 is 3.00 bits per heavy atom. The van der Waals surface area contributed by atoms with E-state index in [0.29, 0.717) is 38.5 Å². The molecule has 1 aliphatic heterocycles. The number of hydrogen-bond donors (Lipinski definition) is 1. The number of methoxy groups -OCH3 is 1. The summed E-state index contributed by atoms with van der Waals surface area (Å²) in [4.78, 5) is 11.3. The maximum absolute atomic E-state index is 13.5. The summed E-state index contributed by atoms with van der Waals surface area (Å²) in [5, 5.41) is 3.12. The van der Waals surface area contributed by atoms with Crippen LogP contribution in [0.3, 0.4) is 0 Å². The van der Waals surface area contributed by atoms with Crippen LogP contribution in [0.2, 0.25) is 0 Å². The van der Waals surface area contributed by atoms with Crippen molar-refractivity contribution in [1.82, 2.24) is 5.32 Å². The van der Waals surface area contributed by atoms with Gasteiger partial charge in [0.2, 0.25) is 0 Å². The topological polar surface area (TPSA) is 56.8 Å². The second-order valence-corrected chi connectivity index (χ2v) is 4.53. The summed E-state index contributed by atoms with van der Waals surface area (Å²) in [6.45, 7) is 2.13. The van der Waals surface area contributed by atoms with E-state index in [-0.39, 0.29) is 0 Å². The Morgan fingerprint density at radius 1 is 1.45 bits per heavy atom. The minimum atomic E-state index is -0.633. The number of cyclic esters (lactones) is 1. The summed E-state index contributed by atoms with van der Waals surface area (Å²) in [6, 6.07) is 4.42. The molecule has 6 heteroatoms. The van der Waals surface area contributed by atoms with E-state index >= 15 is 0 Å². The van der Waals surface area contributed by atoms with Gasteiger partial charge in [0.15, 0.2) is 6.10 Å². The van der Waals surface area contributed by atoms with Gasteiger partial charge in [-0.15, -0.1) is 0 Å². The maximum atomic E-state index is 13.5. The molecule has 1 aromatic rings. The van der Waals surface area contributed by atoms with Gasteiger partial charge in [0.1, 0.15) is 11.6 Å². The van der Waals surface area contributed by atoms with E-state index < -0.39 is 17.9 Å². The van der Waals surface area contributed by atoms with E-state index in [2.05, 4.69) is 5.32 Å². The average molecular weight is 283 g/mol. The lowest BCUT2D eigenvalue weighted by molar-refractivity contribution is -0.143. The van der Waals surface area contributed by atoms with Gasteiger partial charge in [-0.3, -0.25) is 0 Å². The van der Waals surface area contributed by atoms with Gasteiger partial charge in [-0.2, -0.15) is 0 Å². The Morgan fingerprint density at radius 2 is 2.30 bits per heavy atom. The average Bonchev–Trinajstić information content (AvgIpc) is 2.80. The Balaban J connectivity index is 1.95. The van der Waals surface area contributed by atoms with Crippen molar-refractivity contribution in [3.63, 3.8) is 0 Å². The number of rotatable bonds is 7. The summed E-state index contributed by atoms with van der Waals surface area (Å²) in [5.41, 5.74) is 0.752. The zero-order chi connectivity index (χ0) is 14.4. The molecule has 0 saturated carbocycles. The van der Waals surface area contributed by atoms with Crippen LogP contribution in [0, 0.1) is 5.82 Å². The number of carbonyl (C=O) groups excluding carboxylic acids is 1. The predicted octanol–water partition coefficient (Wildman–Crippen LogP) is 1.26. The smallest absolute Gasteiger partial charge is 0.347 e. The lowest BCUT2D eigenvalue weighted by atomic mass is 10.2. The lowest BCUT2D eigenvalue weighted by Gasteiger charge is -2.12. The quantitative estimate of drug-likeness (QED) is 0.603. The number of benzene rings is 1. The van der Waals surface area contributed by atoms with Crippen LogP contribution in [0.15, 0.2) is 18.2 Å². The van der Waals surface area contributed by atoms with Crippen molar-refractivity contribution in [3.05, 3.63) is 29.6 Å². The molecular formula is C14H18FNO4. The molecule has 1 saturated heterocycles. The van der Waals surface area contributed by atoms with E-state index in [1.165, 1.54) is 12.1 Å². The summed E-state index contributed by atoms with van der Waals surface area (Å²) in [5.74, 6) is -0.441. The molecule has 0 bridgehead atoms. The van der Waals surface area contributed by atoms with Gasteiger partial charge in [0.05, 0.1) is 13.2 Å². The van der Waals surface area contributed by atoms with Gasteiger partial charge in [-0.05, 0) is 17.7 Å². The predicted molar refractivity (Wildman–Crippen MR) is 70.0 cm³/mol. The minimum absolute atomic E-state index is 0.345. The molecule has 0 amide bonds. The van der Waals surface area contributed by atoms with Crippen molar-refractivity contribution in [2.24, 2.45) is 0 Å². The van der Waals surface area contributed by atoms with Crippen LogP contribution >= 0.6 is 0 Å². The van der Waals surface area contributed by atoms with Gasteiger partial charge in [0, 0.05) is 32.7 Å². The standard InChI is InChI=1S/C14H18FNO4/c1-18-5-3-16-9-10-6-11(15)8-12(7-10)20-13-2-4-19-14(13)17/h6-8,13,16H,2-5,9H2,1H3. The van der Waals surface area contributed by atoms with Crippen LogP contribution in [0.1, 0.15) is 12.0 Å². The largest absolute Gasteiger partial charge is 0.478 e. The van der Waals surface area contributed by atoms with Crippen LogP contribution in [-0.2, 0) is 20.8 Å². The van der Waals surface area contributed by atoms with E-state index in [9.17, 15) is 9.18 Å². The molecule has 1 fully saturated rings. The molecule has 20 heavy (non-hydrogen) atoms. The molecule has 1 unspecified atom stereocenters. The van der Waals surface area contributed by atoms with Gasteiger partial charge in [-0.1, -0.05) is 0 Å². The van der Waals surface area contributed by atoms with E-state index in [1.807, 2.05) is 0 Å². The van der Waals surface area contributed by atoms with E-state index in [4.69, 9.17) is 14.2 Å². The highest BCUT2D eigenvalue weighted by molar-refractivity contribution is 5.76. The van der Waals surface area contributed by atoms with Gasteiger partial charge in [0.25, 0.3) is 0 Å². The molecule has 1 heterocycles. The Hall–Kier alpha value is -1.66. The number of hydrogen-bond acceptors (Lipinski definition) is 5. The number of esters is 1. The van der Waals surface area contributed by atoms with Crippen molar-refractivity contribution in [2.75, 3.05) is 26.9 Å². The normalized spacial score (nSPS) is 18.1. The highest BCUT2D eigenvalue weighted by Crippen LogP contribution is 2.21. The number of nitrogens with one attached hydrogen (secondary N) is 1. The third kappa shape index (κ3) is 4.18. The van der Waals surface area contributed by atoms with Crippen LogP contribution < -0.4 is 10.1 Å². The van der Waals surface area contributed by atoms with Crippen molar-refractivity contribution < 1.29 is 23.4 Å². The molecule has 0 aliphatic carbocycles. The fourth-order valence-electron chi connectivity index (χ4n) is 1.95. The van der Waals surface area contributed by atoms with E-state index in [0.717, 1.165) is 5.56 Å². The summed E-state index contributed by atoms with van der Waals surface area (Å²) in [6.07, 6.45) is -0.136. The van der Waals surface area contributed by atoms with Gasteiger partial charge < -0.3 is 19.5 Å². The number of halogens is 1. The monoisotopic (exact) mass is 283 g/mol. The Bertz CT molecular complexity index is 466. The number of ether oxygens (including phenoxy) is 3. The van der Waals surface area contributed by atoms with Crippen LogP contribution in [-0.4, -0.2) is 38.9 Å². The first-order chi connectivity index (χ1) is 9.69. The first-order valence-corrected chi connectivity index (χ1v) is 6.51. The third-order valence-electron chi connectivity index (χ3n) is 2.91. The third-order valence-corrected chi connectivity index (χ3v) is 2.91. The van der Waals surface area contributed by atoms with Crippen LogP contribution in [0.25, 0.3) is 0 Å². The number of carbonyl (C=O) groups is 1. The van der Waals surface area contributed by atoms with Crippen molar-refractivity contribution in [3.8, 4) is 5.75 Å². The first-order valence-electron chi connectivity index (χ1n) is 6.51. The lowest BCUT2D eigenvalue weighted by Crippen LogP contribution is -2.22. The second-order valence-electron chi connectivity index (χ2n) is 4.53.